The highest BCUT2D eigenvalue weighted by Gasteiger charge is 2.33. The Balaban J connectivity index is 1.35. The Bertz CT molecular complexity index is 1770. The maximum absolute atomic E-state index is 15.1. The first-order chi connectivity index (χ1) is 21.3. The lowest BCUT2D eigenvalue weighted by Gasteiger charge is -2.23. The molecule has 1 saturated heterocycles. The second-order valence-corrected chi connectivity index (χ2v) is 10.6. The molecule has 1 aliphatic rings. The SMILES string of the molecule is COC(C)c1ccc(C)cc1N1C(=O)CS/C1=N\C(=O)Nc1c(F)cc(-c2ncn(-c3ccc(OC(F)(F)F)cc3)n2)cc1F. The number of aryl methyl sites for hydroxylation is 1. The molecule has 3 aromatic carbocycles. The lowest BCUT2D eigenvalue weighted by molar-refractivity contribution is -0.274. The van der Waals surface area contributed by atoms with Crippen molar-refractivity contribution in [2.24, 2.45) is 4.99 Å². The topological polar surface area (TPSA) is 111 Å². The van der Waals surface area contributed by atoms with Crippen LogP contribution in [0.1, 0.15) is 24.2 Å². The lowest BCUT2D eigenvalue weighted by atomic mass is 10.0. The van der Waals surface area contributed by atoms with Crippen molar-refractivity contribution in [1.82, 2.24) is 14.8 Å². The molecule has 45 heavy (non-hydrogen) atoms. The summed E-state index contributed by atoms with van der Waals surface area (Å²) in [6.07, 6.45) is -4.02. The van der Waals surface area contributed by atoms with E-state index in [0.717, 1.165) is 41.6 Å². The van der Waals surface area contributed by atoms with Crippen LogP contribution in [0.4, 0.5) is 38.1 Å². The second-order valence-electron chi connectivity index (χ2n) is 9.65. The van der Waals surface area contributed by atoms with Crippen molar-refractivity contribution < 1.29 is 41.0 Å². The molecule has 16 heteroatoms. The molecule has 4 aromatic rings. The number of ether oxygens (including phenoxy) is 2. The van der Waals surface area contributed by atoms with Gasteiger partial charge in [-0.25, -0.2) is 23.2 Å². The standard InChI is InChI=1S/C29H23F5N6O4S/c1-15-4-9-20(16(2)43-3)23(10-15)40-24(41)13-45-28(40)37-27(42)36-25-21(30)11-17(12-22(25)31)26-35-14-39(38-26)18-5-7-19(8-6-18)44-29(32,33)34/h4-12,14,16H,13H2,1-3H3,(H,36,42)/b37-28-. The van der Waals surface area contributed by atoms with E-state index >= 15 is 8.78 Å². The van der Waals surface area contributed by atoms with Gasteiger partial charge in [0.1, 0.15) is 17.8 Å². The molecule has 1 unspecified atom stereocenters. The molecule has 0 bridgehead atoms. The first kappa shape index (κ1) is 31.6. The average molecular weight is 647 g/mol. The number of urea groups is 1. The van der Waals surface area contributed by atoms with Crippen LogP contribution in [0.25, 0.3) is 17.1 Å². The van der Waals surface area contributed by atoms with E-state index in [-0.39, 0.29) is 34.3 Å². The number of nitrogens with zero attached hydrogens (tertiary/aromatic N) is 5. The highest BCUT2D eigenvalue weighted by atomic mass is 32.2. The average Bonchev–Trinajstić information content (AvgIpc) is 3.61. The number of amidine groups is 1. The van der Waals surface area contributed by atoms with E-state index in [1.807, 2.05) is 13.0 Å². The third-order valence-electron chi connectivity index (χ3n) is 6.54. The summed E-state index contributed by atoms with van der Waals surface area (Å²) >= 11 is 0.999. The van der Waals surface area contributed by atoms with Crippen molar-refractivity contribution >= 4 is 40.2 Å². The van der Waals surface area contributed by atoms with Gasteiger partial charge < -0.3 is 14.8 Å². The Morgan fingerprint density at radius 3 is 2.42 bits per heavy atom. The number of anilines is 2. The summed E-state index contributed by atoms with van der Waals surface area (Å²) in [5.41, 5.74) is 1.46. The maximum atomic E-state index is 15.1. The van der Waals surface area contributed by atoms with E-state index < -0.39 is 35.5 Å². The summed E-state index contributed by atoms with van der Waals surface area (Å²) < 4.78 is 77.8. The molecule has 3 amide bonds. The molecule has 2 heterocycles. The molecule has 10 nitrogen and oxygen atoms in total. The number of nitrogens with one attached hydrogen (secondary N) is 1. The molecule has 1 N–H and O–H groups in total. The molecule has 5 rings (SSSR count). The van der Waals surface area contributed by atoms with Crippen molar-refractivity contribution in [2.75, 3.05) is 23.1 Å². The van der Waals surface area contributed by atoms with Crippen molar-refractivity contribution in [3.8, 4) is 22.8 Å². The summed E-state index contributed by atoms with van der Waals surface area (Å²) in [7, 11) is 1.52. The van der Waals surface area contributed by atoms with Gasteiger partial charge in [-0.05, 0) is 61.9 Å². The quantitative estimate of drug-likeness (QED) is 0.220. The second kappa shape index (κ2) is 12.6. The fraction of sp³-hybridized carbons (Fsp3) is 0.207. The van der Waals surface area contributed by atoms with Crippen LogP contribution in [0.15, 0.2) is 65.9 Å². The van der Waals surface area contributed by atoms with Crippen molar-refractivity contribution in [3.63, 3.8) is 0 Å². The Morgan fingerprint density at radius 2 is 1.78 bits per heavy atom. The van der Waals surface area contributed by atoms with E-state index in [1.165, 1.54) is 35.2 Å². The number of benzene rings is 3. The Labute approximate surface area is 256 Å². The molecular weight excluding hydrogens is 623 g/mol. The van der Waals surface area contributed by atoms with Crippen LogP contribution in [0.2, 0.25) is 0 Å². The van der Waals surface area contributed by atoms with Gasteiger partial charge in [-0.15, -0.1) is 18.3 Å². The zero-order chi connectivity index (χ0) is 32.5. The number of aliphatic imine (C=N–C) groups is 1. The summed E-state index contributed by atoms with van der Waals surface area (Å²) in [6, 6.07) is 10.8. The Hall–Kier alpha value is -4.83. The van der Waals surface area contributed by atoms with Gasteiger partial charge in [-0.1, -0.05) is 23.9 Å². The molecule has 0 aliphatic carbocycles. The highest BCUT2D eigenvalue weighted by molar-refractivity contribution is 8.15. The largest absolute Gasteiger partial charge is 0.573 e. The van der Waals surface area contributed by atoms with Gasteiger partial charge in [0, 0.05) is 18.2 Å². The molecule has 0 saturated carbocycles. The number of carbonyl (C=O) groups is 2. The number of thioether (sulfide) groups is 1. The molecular formula is C29H23F5N6O4S. The van der Waals surface area contributed by atoms with Gasteiger partial charge in [0.15, 0.2) is 22.6 Å². The number of aromatic nitrogens is 3. The molecule has 0 radical (unpaired) electrons. The summed E-state index contributed by atoms with van der Waals surface area (Å²) in [6.45, 7) is 3.64. The van der Waals surface area contributed by atoms with Gasteiger partial charge in [-0.3, -0.25) is 9.69 Å². The minimum Gasteiger partial charge on any atom is -0.406 e. The number of carbonyl (C=O) groups excluding carboxylic acids is 2. The predicted molar refractivity (Wildman–Crippen MR) is 156 cm³/mol. The first-order valence-electron chi connectivity index (χ1n) is 13.1. The van der Waals surface area contributed by atoms with Crippen LogP contribution >= 0.6 is 11.8 Å². The van der Waals surface area contributed by atoms with Gasteiger partial charge in [0.05, 0.1) is 23.2 Å². The number of amides is 3. The minimum absolute atomic E-state index is 0.00338. The first-order valence-corrected chi connectivity index (χ1v) is 14.1. The fourth-order valence-electron chi connectivity index (χ4n) is 4.36. The van der Waals surface area contributed by atoms with E-state index in [2.05, 4.69) is 25.1 Å². The third kappa shape index (κ3) is 7.12. The van der Waals surface area contributed by atoms with Crippen LogP contribution in [-0.2, 0) is 9.53 Å². The number of halogens is 5. The minimum atomic E-state index is -4.85. The molecule has 0 spiro atoms. The Morgan fingerprint density at radius 1 is 1.09 bits per heavy atom. The van der Waals surface area contributed by atoms with Crippen LogP contribution < -0.4 is 15.0 Å². The van der Waals surface area contributed by atoms with Crippen LogP contribution in [-0.4, -0.2) is 51.1 Å². The number of hydrogen-bond donors (Lipinski definition) is 1. The van der Waals surface area contributed by atoms with E-state index in [4.69, 9.17) is 4.74 Å². The number of alkyl halides is 3. The predicted octanol–water partition coefficient (Wildman–Crippen LogP) is 6.79. The molecule has 1 aromatic heterocycles. The van der Waals surface area contributed by atoms with Crippen LogP contribution in [0, 0.1) is 18.6 Å². The third-order valence-corrected chi connectivity index (χ3v) is 7.46. The summed E-state index contributed by atoms with van der Waals surface area (Å²) in [5, 5.41) is 6.24. The van der Waals surface area contributed by atoms with Gasteiger partial charge in [0.2, 0.25) is 5.91 Å². The lowest BCUT2D eigenvalue weighted by Crippen LogP contribution is -2.31. The van der Waals surface area contributed by atoms with Crippen molar-refractivity contribution in [3.05, 3.63) is 83.7 Å². The number of methoxy groups -OCH3 is 1. The molecule has 234 valence electrons. The van der Waals surface area contributed by atoms with E-state index in [9.17, 15) is 22.8 Å². The van der Waals surface area contributed by atoms with Gasteiger partial charge >= 0.3 is 12.4 Å². The molecule has 1 fully saturated rings. The van der Waals surface area contributed by atoms with E-state index in [1.54, 1.807) is 19.1 Å². The zero-order valence-electron chi connectivity index (χ0n) is 23.7. The van der Waals surface area contributed by atoms with Crippen molar-refractivity contribution in [2.45, 2.75) is 26.3 Å². The maximum Gasteiger partial charge on any atom is 0.573 e. The smallest absolute Gasteiger partial charge is 0.406 e. The van der Waals surface area contributed by atoms with Gasteiger partial charge in [0.25, 0.3) is 0 Å². The highest BCUT2D eigenvalue weighted by Crippen LogP contribution is 2.35. The number of hydrogen-bond acceptors (Lipinski definition) is 7. The fourth-order valence-corrected chi connectivity index (χ4v) is 5.22. The van der Waals surface area contributed by atoms with Crippen molar-refractivity contribution in [1.29, 1.82) is 0 Å². The molecule has 1 atom stereocenters. The van der Waals surface area contributed by atoms with Crippen LogP contribution in [0.5, 0.6) is 5.75 Å². The monoisotopic (exact) mass is 646 g/mol. The van der Waals surface area contributed by atoms with Crippen LogP contribution in [0.3, 0.4) is 0 Å². The number of rotatable bonds is 7. The molecule has 1 aliphatic heterocycles. The zero-order valence-corrected chi connectivity index (χ0v) is 24.5. The normalized spacial score (nSPS) is 15.1. The summed E-state index contributed by atoms with van der Waals surface area (Å²) in [4.78, 5) is 34.8. The van der Waals surface area contributed by atoms with Gasteiger partial charge in [-0.2, -0.15) is 4.99 Å². The Kier molecular flexibility index (Phi) is 8.88. The summed E-state index contributed by atoms with van der Waals surface area (Å²) in [5.74, 6) is -3.16. The van der Waals surface area contributed by atoms with E-state index in [0.29, 0.717) is 16.9 Å².